The molecule has 2 aromatic carbocycles. The number of Topliss-reactive ketones (excluding diaryl/α,β-unsaturated/α-hetero) is 1. The van der Waals surface area contributed by atoms with Gasteiger partial charge in [-0.25, -0.2) is 0 Å². The second-order valence-electron chi connectivity index (χ2n) is 4.46. The molecule has 104 valence electrons. The average Bonchev–Trinajstić information content (AvgIpc) is 2.51. The highest BCUT2D eigenvalue weighted by Crippen LogP contribution is 2.27. The Morgan fingerprint density at radius 2 is 1.10 bits per heavy atom. The first-order valence-electron chi connectivity index (χ1n) is 6.47. The van der Waals surface area contributed by atoms with Gasteiger partial charge in [-0.2, -0.15) is 0 Å². The quantitative estimate of drug-likeness (QED) is 0.807. The minimum absolute atomic E-state index is 0.104. The molecule has 2 unspecified atom stereocenters. The molecule has 0 saturated heterocycles. The summed E-state index contributed by atoms with van der Waals surface area (Å²) in [5.74, 6) is -0.104. The van der Waals surface area contributed by atoms with Crippen molar-refractivity contribution in [1.82, 2.24) is 0 Å². The van der Waals surface area contributed by atoms with Gasteiger partial charge in [-0.3, -0.25) is 4.79 Å². The molecule has 0 radical (unpaired) electrons. The Morgan fingerprint density at radius 3 is 1.40 bits per heavy atom. The Bertz CT molecular complexity index is 487. The van der Waals surface area contributed by atoms with Gasteiger partial charge in [-0.05, 0) is 11.1 Å². The van der Waals surface area contributed by atoms with E-state index in [1.54, 1.807) is 0 Å². The molecule has 0 fully saturated rings. The number of benzene rings is 2. The average molecular weight is 270 g/mol. The van der Waals surface area contributed by atoms with Crippen molar-refractivity contribution in [3.63, 3.8) is 0 Å². The van der Waals surface area contributed by atoms with E-state index in [2.05, 4.69) is 0 Å². The maximum Gasteiger partial charge on any atom is 0.199 e. The van der Waals surface area contributed by atoms with Crippen molar-refractivity contribution in [3.8, 4) is 0 Å². The van der Waals surface area contributed by atoms with Gasteiger partial charge < -0.3 is 9.47 Å². The van der Waals surface area contributed by atoms with Crippen molar-refractivity contribution >= 4 is 5.78 Å². The summed E-state index contributed by atoms with van der Waals surface area (Å²) in [5.41, 5.74) is 1.66. The maximum atomic E-state index is 12.7. The van der Waals surface area contributed by atoms with Crippen molar-refractivity contribution in [2.24, 2.45) is 0 Å². The highest BCUT2D eigenvalue weighted by Gasteiger charge is 2.29. The summed E-state index contributed by atoms with van der Waals surface area (Å²) in [4.78, 5) is 12.7. The Kier molecular flexibility index (Phi) is 5.04. The van der Waals surface area contributed by atoms with Crippen LogP contribution in [0.1, 0.15) is 23.3 Å². The SMILES string of the molecule is COC(C(=O)C(OC)c1ccccc1)c1ccccc1. The summed E-state index contributed by atoms with van der Waals surface area (Å²) < 4.78 is 10.7. The van der Waals surface area contributed by atoms with Crippen LogP contribution in [-0.4, -0.2) is 20.0 Å². The number of rotatable bonds is 6. The van der Waals surface area contributed by atoms with E-state index in [0.29, 0.717) is 0 Å². The zero-order valence-corrected chi connectivity index (χ0v) is 11.7. The lowest BCUT2D eigenvalue weighted by atomic mass is 9.97. The Balaban J connectivity index is 2.28. The highest BCUT2D eigenvalue weighted by atomic mass is 16.5. The number of ether oxygens (including phenoxy) is 2. The van der Waals surface area contributed by atoms with E-state index in [1.807, 2.05) is 60.7 Å². The van der Waals surface area contributed by atoms with Crippen LogP contribution in [0, 0.1) is 0 Å². The Morgan fingerprint density at radius 1 is 0.750 bits per heavy atom. The predicted octanol–water partition coefficient (Wildman–Crippen LogP) is 3.33. The monoisotopic (exact) mass is 270 g/mol. The first-order chi connectivity index (χ1) is 9.77. The van der Waals surface area contributed by atoms with E-state index >= 15 is 0 Å². The van der Waals surface area contributed by atoms with Gasteiger partial charge in [0, 0.05) is 14.2 Å². The third-order valence-electron chi connectivity index (χ3n) is 3.19. The molecule has 20 heavy (non-hydrogen) atoms. The van der Waals surface area contributed by atoms with Crippen LogP contribution >= 0.6 is 0 Å². The van der Waals surface area contributed by atoms with Crippen LogP contribution in [0.3, 0.4) is 0 Å². The summed E-state index contributed by atoms with van der Waals surface area (Å²) in [7, 11) is 3.07. The van der Waals surface area contributed by atoms with Gasteiger partial charge in [0.05, 0.1) is 0 Å². The molecule has 0 aromatic heterocycles. The fourth-order valence-corrected chi connectivity index (χ4v) is 2.23. The molecule has 0 N–H and O–H groups in total. The minimum atomic E-state index is -0.624. The number of hydrogen-bond acceptors (Lipinski definition) is 3. The zero-order chi connectivity index (χ0) is 14.4. The van der Waals surface area contributed by atoms with E-state index in [1.165, 1.54) is 14.2 Å². The first kappa shape index (κ1) is 14.4. The van der Waals surface area contributed by atoms with Gasteiger partial charge in [0.15, 0.2) is 5.78 Å². The molecule has 3 heteroatoms. The van der Waals surface area contributed by atoms with Crippen LogP contribution in [0.15, 0.2) is 60.7 Å². The van der Waals surface area contributed by atoms with Crippen molar-refractivity contribution in [3.05, 3.63) is 71.8 Å². The standard InChI is InChI=1S/C17H18O3/c1-19-16(13-9-5-3-6-10-13)15(18)17(20-2)14-11-7-4-8-12-14/h3-12,16-17H,1-2H3. The molecular formula is C17H18O3. The zero-order valence-electron chi connectivity index (χ0n) is 11.7. The van der Waals surface area contributed by atoms with E-state index in [4.69, 9.17) is 9.47 Å². The third kappa shape index (κ3) is 3.13. The number of carbonyl (C=O) groups excluding carboxylic acids is 1. The number of carbonyl (C=O) groups is 1. The molecule has 3 nitrogen and oxygen atoms in total. The van der Waals surface area contributed by atoms with E-state index < -0.39 is 12.2 Å². The molecule has 0 heterocycles. The van der Waals surface area contributed by atoms with Crippen LogP contribution in [-0.2, 0) is 14.3 Å². The van der Waals surface area contributed by atoms with Gasteiger partial charge in [0.25, 0.3) is 0 Å². The van der Waals surface area contributed by atoms with E-state index in [0.717, 1.165) is 11.1 Å². The number of ketones is 1. The van der Waals surface area contributed by atoms with Crippen molar-refractivity contribution in [2.75, 3.05) is 14.2 Å². The number of hydrogen-bond donors (Lipinski definition) is 0. The molecule has 2 atom stereocenters. The minimum Gasteiger partial charge on any atom is -0.369 e. The van der Waals surface area contributed by atoms with Gasteiger partial charge in [-0.1, -0.05) is 60.7 Å². The van der Waals surface area contributed by atoms with Crippen LogP contribution in [0.5, 0.6) is 0 Å². The highest BCUT2D eigenvalue weighted by molar-refractivity contribution is 5.89. The van der Waals surface area contributed by atoms with Crippen LogP contribution in [0.2, 0.25) is 0 Å². The molecule has 0 amide bonds. The fourth-order valence-electron chi connectivity index (χ4n) is 2.23. The fraction of sp³-hybridized carbons (Fsp3) is 0.235. The lowest BCUT2D eigenvalue weighted by Crippen LogP contribution is -2.23. The second-order valence-corrected chi connectivity index (χ2v) is 4.46. The largest absolute Gasteiger partial charge is 0.369 e. The molecule has 0 aliphatic rings. The Hall–Kier alpha value is -1.97. The lowest BCUT2D eigenvalue weighted by Gasteiger charge is -2.21. The lowest BCUT2D eigenvalue weighted by molar-refractivity contribution is -0.140. The molecule has 0 spiro atoms. The molecular weight excluding hydrogens is 252 g/mol. The summed E-state index contributed by atoms with van der Waals surface area (Å²) in [6.07, 6.45) is -1.25. The molecule has 2 rings (SSSR count). The molecule has 0 saturated carbocycles. The van der Waals surface area contributed by atoms with Gasteiger partial charge >= 0.3 is 0 Å². The smallest absolute Gasteiger partial charge is 0.199 e. The molecule has 0 aliphatic heterocycles. The van der Waals surface area contributed by atoms with Crippen LogP contribution in [0.25, 0.3) is 0 Å². The second kappa shape index (κ2) is 6.98. The summed E-state index contributed by atoms with van der Waals surface area (Å²) >= 11 is 0. The third-order valence-corrected chi connectivity index (χ3v) is 3.19. The maximum absolute atomic E-state index is 12.7. The molecule has 0 aliphatic carbocycles. The normalized spacial score (nSPS) is 13.7. The molecule has 0 bridgehead atoms. The summed E-state index contributed by atoms with van der Waals surface area (Å²) in [6.45, 7) is 0. The van der Waals surface area contributed by atoms with Crippen molar-refractivity contribution < 1.29 is 14.3 Å². The molecule has 2 aromatic rings. The first-order valence-corrected chi connectivity index (χ1v) is 6.47. The van der Waals surface area contributed by atoms with Gasteiger partial charge in [0.2, 0.25) is 0 Å². The van der Waals surface area contributed by atoms with Gasteiger partial charge in [0.1, 0.15) is 12.2 Å². The van der Waals surface area contributed by atoms with Crippen molar-refractivity contribution in [2.45, 2.75) is 12.2 Å². The van der Waals surface area contributed by atoms with E-state index in [-0.39, 0.29) is 5.78 Å². The summed E-state index contributed by atoms with van der Waals surface area (Å²) in [6, 6.07) is 18.9. The topological polar surface area (TPSA) is 35.5 Å². The van der Waals surface area contributed by atoms with Gasteiger partial charge in [-0.15, -0.1) is 0 Å². The Labute approximate surface area is 119 Å². The van der Waals surface area contributed by atoms with Crippen LogP contribution < -0.4 is 0 Å². The van der Waals surface area contributed by atoms with Crippen LogP contribution in [0.4, 0.5) is 0 Å². The predicted molar refractivity (Wildman–Crippen MR) is 77.4 cm³/mol. The van der Waals surface area contributed by atoms with E-state index in [9.17, 15) is 4.79 Å². The number of methoxy groups -OCH3 is 2. The van der Waals surface area contributed by atoms with Crippen molar-refractivity contribution in [1.29, 1.82) is 0 Å². The summed E-state index contributed by atoms with van der Waals surface area (Å²) in [5, 5.41) is 0.